The van der Waals surface area contributed by atoms with Gasteiger partial charge in [-0.25, -0.2) is 0 Å². The fourth-order valence-electron chi connectivity index (χ4n) is 3.65. The molecule has 35 heavy (non-hydrogen) atoms. The Labute approximate surface area is 239 Å². The van der Waals surface area contributed by atoms with E-state index in [4.69, 9.17) is 44.3 Å². The molecule has 1 atom stereocenters. The van der Waals surface area contributed by atoms with Crippen molar-refractivity contribution < 1.29 is 53.7 Å². The van der Waals surface area contributed by atoms with E-state index in [2.05, 4.69) is 5.32 Å². The Hall–Kier alpha value is -1.93. The van der Waals surface area contributed by atoms with Crippen molar-refractivity contribution >= 4 is 46.7 Å². The second-order valence-electron chi connectivity index (χ2n) is 7.69. The molecule has 0 aliphatic carbocycles. The van der Waals surface area contributed by atoms with E-state index >= 15 is 0 Å². The number of hydrogen-bond acceptors (Lipinski definition) is 5. The first-order chi connectivity index (χ1) is 16.3. The van der Waals surface area contributed by atoms with Gasteiger partial charge in [-0.3, -0.25) is 4.79 Å². The van der Waals surface area contributed by atoms with Crippen molar-refractivity contribution in [3.05, 3.63) is 86.4 Å². The van der Waals surface area contributed by atoms with Crippen LogP contribution in [0.3, 0.4) is 0 Å². The Bertz CT molecular complexity index is 1220. The van der Waals surface area contributed by atoms with Gasteiger partial charge < -0.3 is 24.7 Å². The Morgan fingerprint density at radius 1 is 1.06 bits per heavy atom. The molecule has 1 heterocycles. The monoisotopic (exact) mass is 541 g/mol. The number of hydrogen-bond donors (Lipinski definition) is 1. The number of carboxylic acid groups (broad SMARTS) is 1. The second-order valence-corrected chi connectivity index (χ2v) is 8.91. The van der Waals surface area contributed by atoms with Crippen LogP contribution in [0.4, 0.5) is 0 Å². The zero-order valence-corrected chi connectivity index (χ0v) is 23.0. The number of carboxylic acids is 1. The van der Waals surface area contributed by atoms with Gasteiger partial charge in [0.15, 0.2) is 5.75 Å². The SMILES string of the molecule is O=C(NCCc1ccc(Cl)cc1)c1ccc(Oc2c(Cl)cc3c(c2Cl)OCCC3C(=O)[O-])cc1.[Na+]. The van der Waals surface area contributed by atoms with E-state index < -0.39 is 11.9 Å². The van der Waals surface area contributed by atoms with Gasteiger partial charge in [-0.2, -0.15) is 0 Å². The number of ether oxygens (including phenoxy) is 2. The van der Waals surface area contributed by atoms with Gasteiger partial charge in [0.05, 0.1) is 11.6 Å². The van der Waals surface area contributed by atoms with Gasteiger partial charge in [-0.05, 0) is 60.9 Å². The molecule has 0 radical (unpaired) electrons. The van der Waals surface area contributed by atoms with Gasteiger partial charge in [0.2, 0.25) is 0 Å². The molecule has 0 saturated heterocycles. The summed E-state index contributed by atoms with van der Waals surface area (Å²) in [6, 6.07) is 15.4. The van der Waals surface area contributed by atoms with Crippen LogP contribution in [0.2, 0.25) is 15.1 Å². The average molecular weight is 543 g/mol. The van der Waals surface area contributed by atoms with E-state index in [0.717, 1.165) is 5.56 Å². The summed E-state index contributed by atoms with van der Waals surface area (Å²) in [7, 11) is 0. The number of amides is 1. The van der Waals surface area contributed by atoms with Crippen molar-refractivity contribution in [2.24, 2.45) is 0 Å². The minimum atomic E-state index is -1.22. The van der Waals surface area contributed by atoms with E-state index in [1.54, 1.807) is 24.3 Å². The van der Waals surface area contributed by atoms with Crippen LogP contribution in [-0.2, 0) is 11.2 Å². The average Bonchev–Trinajstić information content (AvgIpc) is 2.83. The van der Waals surface area contributed by atoms with Crippen molar-refractivity contribution in [2.75, 3.05) is 13.2 Å². The van der Waals surface area contributed by atoms with Gasteiger partial charge in [-0.15, -0.1) is 0 Å². The molecule has 0 fully saturated rings. The molecule has 0 saturated carbocycles. The zero-order valence-electron chi connectivity index (χ0n) is 18.8. The van der Waals surface area contributed by atoms with Crippen LogP contribution in [-0.4, -0.2) is 25.0 Å². The van der Waals surface area contributed by atoms with Crippen LogP contribution in [0.5, 0.6) is 17.2 Å². The molecule has 3 aromatic carbocycles. The molecule has 3 aromatic rings. The maximum absolute atomic E-state index is 12.4. The fraction of sp³-hybridized carbons (Fsp3) is 0.200. The third kappa shape index (κ3) is 6.64. The Balaban J connectivity index is 0.00000342. The first kappa shape index (κ1) is 27.7. The summed E-state index contributed by atoms with van der Waals surface area (Å²) in [5.74, 6) is -1.53. The van der Waals surface area contributed by atoms with Crippen molar-refractivity contribution in [1.29, 1.82) is 0 Å². The largest absolute Gasteiger partial charge is 1.00 e. The molecule has 0 spiro atoms. The molecule has 10 heteroatoms. The Morgan fingerprint density at radius 3 is 2.40 bits per heavy atom. The van der Waals surface area contributed by atoms with Crippen molar-refractivity contribution in [3.8, 4) is 17.2 Å². The van der Waals surface area contributed by atoms with Crippen LogP contribution in [0.1, 0.15) is 33.8 Å². The van der Waals surface area contributed by atoms with Crippen LogP contribution in [0, 0.1) is 0 Å². The summed E-state index contributed by atoms with van der Waals surface area (Å²) in [6.45, 7) is 0.667. The van der Waals surface area contributed by atoms with Crippen molar-refractivity contribution in [1.82, 2.24) is 5.32 Å². The summed E-state index contributed by atoms with van der Waals surface area (Å²) in [6.07, 6.45) is 0.950. The van der Waals surface area contributed by atoms with Crippen LogP contribution in [0.25, 0.3) is 0 Å². The molecule has 1 aliphatic rings. The molecular weight excluding hydrogens is 524 g/mol. The van der Waals surface area contributed by atoms with E-state index in [1.807, 2.05) is 24.3 Å². The van der Waals surface area contributed by atoms with E-state index in [-0.39, 0.29) is 70.0 Å². The van der Waals surface area contributed by atoms with Gasteiger partial charge in [0.1, 0.15) is 16.5 Å². The zero-order chi connectivity index (χ0) is 24.2. The molecule has 1 amide bonds. The minimum absolute atomic E-state index is 0. The fourth-order valence-corrected chi connectivity index (χ4v) is 4.38. The Morgan fingerprint density at radius 2 is 1.74 bits per heavy atom. The normalized spacial score (nSPS) is 14.2. The predicted octanol–water partition coefficient (Wildman–Crippen LogP) is 2.03. The number of carbonyl (C=O) groups excluding carboxylic acids is 2. The maximum Gasteiger partial charge on any atom is 1.00 e. The topological polar surface area (TPSA) is 87.7 Å². The first-order valence-corrected chi connectivity index (χ1v) is 11.6. The number of fused-ring (bicyclic) bond motifs is 1. The molecule has 6 nitrogen and oxygen atoms in total. The molecule has 176 valence electrons. The quantitative estimate of drug-likeness (QED) is 0.462. The third-order valence-corrected chi connectivity index (χ3v) is 6.30. The van der Waals surface area contributed by atoms with E-state index in [0.29, 0.717) is 34.9 Å². The Kier molecular flexibility index (Phi) is 9.76. The molecular formula is C25H19Cl3NNaO5. The minimum Gasteiger partial charge on any atom is -0.549 e. The third-order valence-electron chi connectivity index (χ3n) is 5.42. The smallest absolute Gasteiger partial charge is 0.549 e. The second kappa shape index (κ2) is 12.3. The standard InChI is InChI=1S/C25H20Cl3NO5.Na/c26-16-5-1-14(2-6-16)9-11-29-24(30)15-3-7-17(8-4-15)34-23-20(27)13-19-18(25(31)32)10-12-33-22(19)21(23)28;/h1-8,13,18H,9-12H2,(H,29,30)(H,31,32);/q;+1/p-1. The van der Waals surface area contributed by atoms with Crippen molar-refractivity contribution in [2.45, 2.75) is 18.8 Å². The van der Waals surface area contributed by atoms with E-state index in [1.165, 1.54) is 6.07 Å². The number of aliphatic carboxylic acids is 1. The number of nitrogens with one attached hydrogen (secondary N) is 1. The molecule has 1 unspecified atom stereocenters. The van der Waals surface area contributed by atoms with Gasteiger partial charge in [-0.1, -0.05) is 46.9 Å². The predicted molar refractivity (Wildman–Crippen MR) is 128 cm³/mol. The summed E-state index contributed by atoms with van der Waals surface area (Å²) in [4.78, 5) is 23.9. The summed E-state index contributed by atoms with van der Waals surface area (Å²) >= 11 is 18.6. The number of carbonyl (C=O) groups is 2. The van der Waals surface area contributed by atoms with Gasteiger partial charge >= 0.3 is 29.6 Å². The van der Waals surface area contributed by atoms with Crippen molar-refractivity contribution in [3.63, 3.8) is 0 Å². The molecule has 0 bridgehead atoms. The molecule has 1 aliphatic heterocycles. The first-order valence-electron chi connectivity index (χ1n) is 10.5. The molecule has 0 aromatic heterocycles. The molecule has 1 N–H and O–H groups in total. The van der Waals surface area contributed by atoms with Crippen LogP contribution in [0.15, 0.2) is 54.6 Å². The number of halogens is 3. The van der Waals surface area contributed by atoms with Crippen LogP contribution >= 0.6 is 34.8 Å². The molecule has 4 rings (SSSR count). The maximum atomic E-state index is 12.4. The summed E-state index contributed by atoms with van der Waals surface area (Å²) in [5.41, 5.74) is 1.90. The number of benzene rings is 3. The van der Waals surface area contributed by atoms with Gasteiger partial charge in [0.25, 0.3) is 5.91 Å². The summed E-state index contributed by atoms with van der Waals surface area (Å²) in [5, 5.41) is 15.2. The van der Waals surface area contributed by atoms with Crippen LogP contribution < -0.4 is 49.5 Å². The summed E-state index contributed by atoms with van der Waals surface area (Å²) < 4.78 is 11.4. The van der Waals surface area contributed by atoms with E-state index in [9.17, 15) is 14.7 Å². The number of rotatable bonds is 7. The van der Waals surface area contributed by atoms with Gasteiger partial charge in [0, 0.05) is 34.6 Å².